The number of amides is 1. The molecule has 0 bridgehead atoms. The molecule has 1 fully saturated rings. The van der Waals surface area contributed by atoms with Crippen molar-refractivity contribution in [1.29, 1.82) is 0 Å². The molecule has 1 atom stereocenters. The first-order valence-corrected chi connectivity index (χ1v) is 8.01. The lowest BCUT2D eigenvalue weighted by atomic mass is 10.1. The maximum Gasteiger partial charge on any atom is 0.433 e. The summed E-state index contributed by atoms with van der Waals surface area (Å²) in [5.41, 5.74) is -1.07. The summed E-state index contributed by atoms with van der Waals surface area (Å²) in [5.74, 6) is -0.588. The molecule has 116 valence electrons. The van der Waals surface area contributed by atoms with E-state index in [1.807, 2.05) is 0 Å². The zero-order valence-electron chi connectivity index (χ0n) is 10.9. The molecule has 0 aliphatic carbocycles. The van der Waals surface area contributed by atoms with Crippen LogP contribution in [0.15, 0.2) is 18.3 Å². The quantitative estimate of drug-likeness (QED) is 0.909. The van der Waals surface area contributed by atoms with Gasteiger partial charge in [-0.3, -0.25) is 9.78 Å². The van der Waals surface area contributed by atoms with E-state index in [4.69, 9.17) is 0 Å². The molecule has 1 aromatic rings. The van der Waals surface area contributed by atoms with Crippen LogP contribution in [0.2, 0.25) is 0 Å². The first-order valence-electron chi connectivity index (χ1n) is 6.19. The van der Waals surface area contributed by atoms with Crippen molar-refractivity contribution >= 4 is 15.7 Å². The van der Waals surface area contributed by atoms with Crippen LogP contribution in [0, 0.1) is 5.92 Å². The average molecular weight is 322 g/mol. The molecule has 1 saturated heterocycles. The molecule has 21 heavy (non-hydrogen) atoms. The van der Waals surface area contributed by atoms with Crippen molar-refractivity contribution in [2.45, 2.75) is 12.6 Å². The van der Waals surface area contributed by atoms with Crippen molar-refractivity contribution in [3.63, 3.8) is 0 Å². The van der Waals surface area contributed by atoms with Crippen LogP contribution in [0.1, 0.15) is 22.5 Å². The van der Waals surface area contributed by atoms with Gasteiger partial charge in [-0.1, -0.05) is 0 Å². The smallest absolute Gasteiger partial charge is 0.352 e. The minimum absolute atomic E-state index is 0.00357. The molecule has 1 N–H and O–H groups in total. The van der Waals surface area contributed by atoms with E-state index < -0.39 is 27.6 Å². The summed E-state index contributed by atoms with van der Waals surface area (Å²) in [4.78, 5) is 14.9. The molecule has 2 rings (SSSR count). The summed E-state index contributed by atoms with van der Waals surface area (Å²) in [6.07, 6.45) is -3.22. The van der Waals surface area contributed by atoms with Crippen molar-refractivity contribution in [2.75, 3.05) is 18.1 Å². The lowest BCUT2D eigenvalue weighted by molar-refractivity contribution is -0.141. The van der Waals surface area contributed by atoms with E-state index in [2.05, 4.69) is 10.3 Å². The highest BCUT2D eigenvalue weighted by Crippen LogP contribution is 2.27. The van der Waals surface area contributed by atoms with Gasteiger partial charge in [0.15, 0.2) is 9.84 Å². The molecule has 0 radical (unpaired) electrons. The third-order valence-corrected chi connectivity index (χ3v) is 5.03. The van der Waals surface area contributed by atoms with E-state index in [0.717, 1.165) is 18.3 Å². The molecule has 1 amide bonds. The number of hydrogen-bond acceptors (Lipinski definition) is 4. The number of halogens is 3. The Hall–Kier alpha value is -1.64. The van der Waals surface area contributed by atoms with Gasteiger partial charge >= 0.3 is 6.18 Å². The summed E-state index contributed by atoms with van der Waals surface area (Å²) in [6.45, 7) is 0.180. The standard InChI is InChI=1S/C12H13F3N2O3S/c13-12(14,15)10-2-1-9(6-16-10)11(18)17-5-8-3-4-21(19,20)7-8/h1-2,6,8H,3-5,7H2,(H,17,18)/t8-/m1/s1. The fourth-order valence-corrected chi connectivity index (χ4v) is 3.93. The number of carbonyl (C=O) groups is 1. The first-order chi connectivity index (χ1) is 9.67. The Morgan fingerprint density at radius 1 is 1.38 bits per heavy atom. The molecule has 1 aliphatic heterocycles. The van der Waals surface area contributed by atoms with Crippen LogP contribution in [-0.4, -0.2) is 37.4 Å². The number of rotatable bonds is 3. The zero-order chi connectivity index (χ0) is 15.7. The molecule has 0 aromatic carbocycles. The van der Waals surface area contributed by atoms with Gasteiger partial charge in [0.1, 0.15) is 5.69 Å². The van der Waals surface area contributed by atoms with Crippen molar-refractivity contribution in [2.24, 2.45) is 5.92 Å². The number of sulfone groups is 1. The molecule has 9 heteroatoms. The molecule has 5 nitrogen and oxygen atoms in total. The summed E-state index contributed by atoms with van der Waals surface area (Å²) < 4.78 is 59.5. The minimum Gasteiger partial charge on any atom is -0.352 e. The maximum atomic E-state index is 12.3. The van der Waals surface area contributed by atoms with Crippen LogP contribution in [-0.2, 0) is 16.0 Å². The number of pyridine rings is 1. The fourth-order valence-electron chi connectivity index (χ4n) is 2.07. The van der Waals surface area contributed by atoms with Gasteiger partial charge in [-0.05, 0) is 24.5 Å². The van der Waals surface area contributed by atoms with Crippen molar-refractivity contribution in [1.82, 2.24) is 10.3 Å². The highest BCUT2D eigenvalue weighted by Gasteiger charge is 2.32. The highest BCUT2D eigenvalue weighted by atomic mass is 32.2. The number of nitrogens with zero attached hydrogens (tertiary/aromatic N) is 1. The Morgan fingerprint density at radius 3 is 2.57 bits per heavy atom. The number of hydrogen-bond donors (Lipinski definition) is 1. The second-order valence-electron chi connectivity index (χ2n) is 4.91. The van der Waals surface area contributed by atoms with E-state index in [1.54, 1.807) is 0 Å². The molecular formula is C12H13F3N2O3S. The van der Waals surface area contributed by atoms with Crippen LogP contribution in [0.4, 0.5) is 13.2 Å². The topological polar surface area (TPSA) is 76.1 Å². The van der Waals surface area contributed by atoms with Gasteiger partial charge in [0.05, 0.1) is 17.1 Å². The van der Waals surface area contributed by atoms with Crippen LogP contribution in [0.25, 0.3) is 0 Å². The van der Waals surface area contributed by atoms with Crippen molar-refractivity contribution in [3.05, 3.63) is 29.6 Å². The Labute approximate surface area is 119 Å². The third kappa shape index (κ3) is 4.16. The number of alkyl halides is 3. The molecule has 1 aliphatic rings. The number of aromatic nitrogens is 1. The zero-order valence-corrected chi connectivity index (χ0v) is 11.7. The molecule has 0 spiro atoms. The lowest BCUT2D eigenvalue weighted by Gasteiger charge is -2.10. The monoisotopic (exact) mass is 322 g/mol. The van der Waals surface area contributed by atoms with E-state index in [0.29, 0.717) is 6.42 Å². The normalized spacial score (nSPS) is 21.2. The third-order valence-electron chi connectivity index (χ3n) is 3.19. The van der Waals surface area contributed by atoms with Gasteiger partial charge in [-0.25, -0.2) is 8.42 Å². The Bertz CT molecular complexity index is 626. The minimum atomic E-state index is -4.55. The number of nitrogens with one attached hydrogen (secondary N) is 1. The second-order valence-corrected chi connectivity index (χ2v) is 7.14. The van der Waals surface area contributed by atoms with E-state index in [9.17, 15) is 26.4 Å². The van der Waals surface area contributed by atoms with Crippen molar-refractivity contribution < 1.29 is 26.4 Å². The van der Waals surface area contributed by atoms with Crippen LogP contribution < -0.4 is 5.32 Å². The summed E-state index contributed by atoms with van der Waals surface area (Å²) >= 11 is 0. The lowest BCUT2D eigenvalue weighted by Crippen LogP contribution is -2.30. The van der Waals surface area contributed by atoms with Gasteiger partial charge in [0.2, 0.25) is 0 Å². The molecule has 0 saturated carbocycles. The fraction of sp³-hybridized carbons (Fsp3) is 0.500. The van der Waals surface area contributed by atoms with Gasteiger partial charge < -0.3 is 5.32 Å². The molecule has 0 unspecified atom stereocenters. The number of carbonyl (C=O) groups excluding carboxylic acids is 1. The van der Waals surface area contributed by atoms with Crippen LogP contribution in [0.5, 0.6) is 0 Å². The summed E-state index contributed by atoms with van der Waals surface area (Å²) in [6, 6.07) is 1.77. The Kier molecular flexibility index (Phi) is 4.22. The van der Waals surface area contributed by atoms with E-state index in [-0.39, 0.29) is 29.5 Å². The van der Waals surface area contributed by atoms with Crippen LogP contribution >= 0.6 is 0 Å². The van der Waals surface area contributed by atoms with E-state index in [1.165, 1.54) is 0 Å². The van der Waals surface area contributed by atoms with Gasteiger partial charge in [-0.15, -0.1) is 0 Å². The maximum absolute atomic E-state index is 12.3. The predicted octanol–water partition coefficient (Wildman–Crippen LogP) is 1.26. The average Bonchev–Trinajstić information content (AvgIpc) is 2.75. The highest BCUT2D eigenvalue weighted by molar-refractivity contribution is 7.91. The SMILES string of the molecule is O=C(NC[C@H]1CCS(=O)(=O)C1)c1ccc(C(F)(F)F)nc1. The molecule has 2 heterocycles. The summed E-state index contributed by atoms with van der Waals surface area (Å²) in [5, 5.41) is 2.51. The predicted molar refractivity (Wildman–Crippen MR) is 68.3 cm³/mol. The molecular weight excluding hydrogens is 309 g/mol. The van der Waals surface area contributed by atoms with Gasteiger partial charge in [0.25, 0.3) is 5.91 Å². The second kappa shape index (κ2) is 5.63. The summed E-state index contributed by atoms with van der Waals surface area (Å²) in [7, 11) is -3.02. The first kappa shape index (κ1) is 15.7. The van der Waals surface area contributed by atoms with E-state index >= 15 is 0 Å². The van der Waals surface area contributed by atoms with Crippen molar-refractivity contribution in [3.8, 4) is 0 Å². The Balaban J connectivity index is 1.92. The van der Waals surface area contributed by atoms with Crippen LogP contribution in [0.3, 0.4) is 0 Å². The Morgan fingerprint density at radius 2 is 2.10 bits per heavy atom. The van der Waals surface area contributed by atoms with Gasteiger partial charge in [0, 0.05) is 12.7 Å². The largest absolute Gasteiger partial charge is 0.433 e. The van der Waals surface area contributed by atoms with Gasteiger partial charge in [-0.2, -0.15) is 13.2 Å². The molecule has 1 aromatic heterocycles.